The highest BCUT2D eigenvalue weighted by Crippen LogP contribution is 2.03. The van der Waals surface area contributed by atoms with Gasteiger partial charge in [0.2, 0.25) is 5.82 Å². The Morgan fingerprint density at radius 3 is 2.53 bits per heavy atom. The third kappa shape index (κ3) is 4.14. The van der Waals surface area contributed by atoms with Gasteiger partial charge in [0.25, 0.3) is 5.91 Å². The summed E-state index contributed by atoms with van der Waals surface area (Å²) in [6, 6.07) is 0.939. The monoisotopic (exact) mass is 239 g/mol. The van der Waals surface area contributed by atoms with Crippen molar-refractivity contribution in [3.63, 3.8) is 0 Å². The van der Waals surface area contributed by atoms with Gasteiger partial charge >= 0.3 is 0 Å². The van der Waals surface area contributed by atoms with E-state index in [-0.39, 0.29) is 11.7 Å². The molecule has 0 saturated heterocycles. The van der Waals surface area contributed by atoms with Crippen LogP contribution in [-0.2, 0) is 0 Å². The number of amides is 1. The summed E-state index contributed by atoms with van der Waals surface area (Å²) in [4.78, 5) is 17.7. The van der Waals surface area contributed by atoms with E-state index in [0.717, 1.165) is 6.54 Å². The minimum Gasteiger partial charge on any atom is -0.348 e. The van der Waals surface area contributed by atoms with Gasteiger partial charge in [0.15, 0.2) is 0 Å². The van der Waals surface area contributed by atoms with Gasteiger partial charge in [-0.15, -0.1) is 0 Å². The summed E-state index contributed by atoms with van der Waals surface area (Å²) in [6.45, 7) is 10.0. The van der Waals surface area contributed by atoms with E-state index in [1.165, 1.54) is 6.33 Å². The number of carbonyl (C=O) groups is 1. The van der Waals surface area contributed by atoms with Gasteiger partial charge in [-0.1, -0.05) is 0 Å². The molecule has 6 nitrogen and oxygen atoms in total. The summed E-state index contributed by atoms with van der Waals surface area (Å²) in [5.41, 5.74) is 0. The van der Waals surface area contributed by atoms with Crippen LogP contribution < -0.4 is 5.32 Å². The Balaban J connectivity index is 2.34. The first-order valence-corrected chi connectivity index (χ1v) is 5.91. The lowest BCUT2D eigenvalue weighted by atomic mass is 10.2. The molecule has 0 spiro atoms. The smallest absolute Gasteiger partial charge is 0.288 e. The Hall–Kier alpha value is -1.43. The van der Waals surface area contributed by atoms with E-state index < -0.39 is 0 Å². The molecule has 0 aliphatic rings. The van der Waals surface area contributed by atoms with Crippen molar-refractivity contribution in [3.05, 3.63) is 12.2 Å². The number of nitrogens with one attached hydrogen (secondary N) is 2. The summed E-state index contributed by atoms with van der Waals surface area (Å²) >= 11 is 0. The molecule has 1 aromatic rings. The third-order valence-corrected chi connectivity index (χ3v) is 2.61. The Kier molecular flexibility index (Phi) is 5.09. The van der Waals surface area contributed by atoms with Gasteiger partial charge in [0, 0.05) is 25.2 Å². The molecular formula is C11H21N5O. The molecule has 0 saturated carbocycles. The van der Waals surface area contributed by atoms with E-state index in [9.17, 15) is 4.79 Å². The number of nitrogens with zero attached hydrogens (tertiary/aromatic N) is 3. The lowest BCUT2D eigenvalue weighted by molar-refractivity contribution is 0.0929. The van der Waals surface area contributed by atoms with Crippen molar-refractivity contribution >= 4 is 5.91 Å². The van der Waals surface area contributed by atoms with Crippen LogP contribution in [0.25, 0.3) is 0 Å². The van der Waals surface area contributed by atoms with Crippen molar-refractivity contribution in [1.29, 1.82) is 0 Å². The van der Waals surface area contributed by atoms with E-state index in [1.54, 1.807) is 0 Å². The van der Waals surface area contributed by atoms with E-state index in [1.807, 2.05) is 0 Å². The molecule has 17 heavy (non-hydrogen) atoms. The van der Waals surface area contributed by atoms with Gasteiger partial charge < -0.3 is 5.32 Å². The molecule has 1 rings (SSSR count). The van der Waals surface area contributed by atoms with Crippen LogP contribution in [0.4, 0.5) is 0 Å². The molecule has 1 aromatic heterocycles. The Labute approximate surface area is 102 Å². The highest BCUT2D eigenvalue weighted by Gasteiger charge is 2.14. The zero-order valence-corrected chi connectivity index (χ0v) is 10.9. The van der Waals surface area contributed by atoms with Crippen molar-refractivity contribution in [3.8, 4) is 0 Å². The first-order chi connectivity index (χ1) is 8.02. The molecule has 0 aliphatic heterocycles. The van der Waals surface area contributed by atoms with Gasteiger partial charge in [0.1, 0.15) is 6.33 Å². The topological polar surface area (TPSA) is 73.9 Å². The van der Waals surface area contributed by atoms with Crippen LogP contribution in [0, 0.1) is 0 Å². The molecule has 1 amide bonds. The van der Waals surface area contributed by atoms with Gasteiger partial charge in [-0.3, -0.25) is 14.8 Å². The lowest BCUT2D eigenvalue weighted by Gasteiger charge is -2.30. The van der Waals surface area contributed by atoms with Crippen LogP contribution in [0.3, 0.4) is 0 Å². The molecule has 0 atom stereocenters. The Bertz CT molecular complexity index is 326. The SMILES string of the molecule is CC(C)N(CCNC(=O)c1ncn[nH]1)C(C)C. The molecule has 0 bridgehead atoms. The highest BCUT2D eigenvalue weighted by molar-refractivity contribution is 5.90. The molecule has 6 heteroatoms. The van der Waals surface area contributed by atoms with Crippen LogP contribution in [0.2, 0.25) is 0 Å². The predicted molar refractivity (Wildman–Crippen MR) is 65.7 cm³/mol. The zero-order valence-electron chi connectivity index (χ0n) is 10.9. The first kappa shape index (κ1) is 13.6. The predicted octanol–water partition coefficient (Wildman–Crippen LogP) is 0.653. The molecule has 0 unspecified atom stereocenters. The number of hydrogen-bond acceptors (Lipinski definition) is 4. The molecular weight excluding hydrogens is 218 g/mol. The van der Waals surface area contributed by atoms with E-state index in [0.29, 0.717) is 18.6 Å². The van der Waals surface area contributed by atoms with Crippen LogP contribution in [0.1, 0.15) is 38.3 Å². The molecule has 0 aliphatic carbocycles. The van der Waals surface area contributed by atoms with E-state index in [2.05, 4.69) is 53.1 Å². The molecule has 1 heterocycles. The minimum absolute atomic E-state index is 0.213. The Morgan fingerprint density at radius 2 is 2.06 bits per heavy atom. The Morgan fingerprint density at radius 1 is 1.41 bits per heavy atom. The molecule has 96 valence electrons. The summed E-state index contributed by atoms with van der Waals surface area (Å²) in [5.74, 6) is 0.0422. The fourth-order valence-electron chi connectivity index (χ4n) is 1.81. The van der Waals surface area contributed by atoms with Crippen LogP contribution in [0.5, 0.6) is 0 Å². The maximum atomic E-state index is 11.6. The minimum atomic E-state index is -0.213. The fraction of sp³-hybridized carbons (Fsp3) is 0.727. The number of hydrogen-bond donors (Lipinski definition) is 2. The van der Waals surface area contributed by atoms with Crippen molar-refractivity contribution < 1.29 is 4.79 Å². The summed E-state index contributed by atoms with van der Waals surface area (Å²) in [6.07, 6.45) is 1.32. The second kappa shape index (κ2) is 6.34. The standard InChI is InChI=1S/C11H21N5O/c1-8(2)16(9(3)4)6-5-12-11(17)10-13-7-14-15-10/h7-9H,5-6H2,1-4H3,(H,12,17)(H,13,14,15). The van der Waals surface area contributed by atoms with E-state index in [4.69, 9.17) is 0 Å². The molecule has 0 aromatic carbocycles. The average Bonchev–Trinajstić information content (AvgIpc) is 2.76. The largest absolute Gasteiger partial charge is 0.348 e. The lowest BCUT2D eigenvalue weighted by Crippen LogP contribution is -2.42. The molecule has 2 N–H and O–H groups in total. The molecule has 0 fully saturated rings. The normalized spacial score (nSPS) is 11.5. The number of H-pyrrole nitrogens is 1. The van der Waals surface area contributed by atoms with Crippen LogP contribution in [0.15, 0.2) is 6.33 Å². The second-order valence-corrected chi connectivity index (χ2v) is 4.52. The highest BCUT2D eigenvalue weighted by atomic mass is 16.2. The van der Waals surface area contributed by atoms with Gasteiger partial charge in [-0.2, -0.15) is 5.10 Å². The zero-order chi connectivity index (χ0) is 12.8. The summed E-state index contributed by atoms with van der Waals surface area (Å²) in [7, 11) is 0. The summed E-state index contributed by atoms with van der Waals surface area (Å²) in [5, 5.41) is 8.98. The van der Waals surface area contributed by atoms with Crippen molar-refractivity contribution in [2.45, 2.75) is 39.8 Å². The summed E-state index contributed by atoms with van der Waals surface area (Å²) < 4.78 is 0. The van der Waals surface area contributed by atoms with Gasteiger partial charge in [-0.25, -0.2) is 4.98 Å². The number of rotatable bonds is 6. The number of carbonyl (C=O) groups excluding carboxylic acids is 1. The number of aromatic amines is 1. The fourth-order valence-corrected chi connectivity index (χ4v) is 1.81. The van der Waals surface area contributed by atoms with Crippen molar-refractivity contribution in [2.75, 3.05) is 13.1 Å². The molecule has 0 radical (unpaired) electrons. The van der Waals surface area contributed by atoms with Crippen molar-refractivity contribution in [2.24, 2.45) is 0 Å². The second-order valence-electron chi connectivity index (χ2n) is 4.52. The van der Waals surface area contributed by atoms with Crippen LogP contribution >= 0.6 is 0 Å². The first-order valence-electron chi connectivity index (χ1n) is 5.91. The van der Waals surface area contributed by atoms with Gasteiger partial charge in [0.05, 0.1) is 0 Å². The van der Waals surface area contributed by atoms with Crippen LogP contribution in [-0.4, -0.2) is 51.2 Å². The quantitative estimate of drug-likeness (QED) is 0.764. The maximum absolute atomic E-state index is 11.6. The third-order valence-electron chi connectivity index (χ3n) is 2.61. The number of aromatic nitrogens is 3. The maximum Gasteiger partial charge on any atom is 0.288 e. The van der Waals surface area contributed by atoms with Gasteiger partial charge in [-0.05, 0) is 27.7 Å². The van der Waals surface area contributed by atoms with E-state index >= 15 is 0 Å². The van der Waals surface area contributed by atoms with Crippen molar-refractivity contribution in [1.82, 2.24) is 25.4 Å². The average molecular weight is 239 g/mol.